The van der Waals surface area contributed by atoms with Gasteiger partial charge < -0.3 is 11.1 Å². The molecule has 4 N–H and O–H groups in total. The first-order valence-electron chi connectivity index (χ1n) is 8.76. The predicted molar refractivity (Wildman–Crippen MR) is 101 cm³/mol. The fraction of sp³-hybridized carbons (Fsp3) is 0.500. The quantitative estimate of drug-likeness (QED) is 0.706. The van der Waals surface area contributed by atoms with Crippen molar-refractivity contribution >= 4 is 24.0 Å². The highest BCUT2D eigenvalue weighted by Gasteiger charge is 2.16. The molecule has 0 aliphatic heterocycles. The Morgan fingerprint density at radius 1 is 1.16 bits per heavy atom. The van der Waals surface area contributed by atoms with Gasteiger partial charge >= 0.3 is 0 Å². The summed E-state index contributed by atoms with van der Waals surface area (Å²) in [5.41, 5.74) is 7.23. The number of aromatic amines is 1. The lowest BCUT2D eigenvalue weighted by Crippen LogP contribution is -2.16. The van der Waals surface area contributed by atoms with E-state index in [1.54, 1.807) is 0 Å². The number of aromatic nitrogens is 3. The summed E-state index contributed by atoms with van der Waals surface area (Å²) < 4.78 is 0. The van der Waals surface area contributed by atoms with E-state index in [4.69, 9.17) is 5.73 Å². The number of H-pyrrole nitrogens is 1. The van der Waals surface area contributed by atoms with Gasteiger partial charge in [-0.1, -0.05) is 25.7 Å². The molecule has 6 nitrogen and oxygen atoms in total. The van der Waals surface area contributed by atoms with Crippen LogP contribution in [0, 0.1) is 5.92 Å². The van der Waals surface area contributed by atoms with Gasteiger partial charge in [0.1, 0.15) is 5.82 Å². The molecule has 7 heteroatoms. The summed E-state index contributed by atoms with van der Waals surface area (Å²) in [5, 5.41) is 9.92. The number of halogens is 1. The maximum Gasteiger partial charge on any atom is 0.224 e. The van der Waals surface area contributed by atoms with E-state index < -0.39 is 0 Å². The lowest BCUT2D eigenvalue weighted by Gasteiger charge is -2.13. The number of anilines is 1. The number of carbonyl (C=O) groups excluding carboxylic acids is 1. The highest BCUT2D eigenvalue weighted by molar-refractivity contribution is 5.91. The fourth-order valence-corrected chi connectivity index (χ4v) is 3.26. The molecular weight excluding hydrogens is 338 g/mol. The van der Waals surface area contributed by atoms with E-state index in [2.05, 4.69) is 20.5 Å². The fourth-order valence-electron chi connectivity index (χ4n) is 3.26. The molecule has 25 heavy (non-hydrogen) atoms. The van der Waals surface area contributed by atoms with Crippen molar-refractivity contribution < 1.29 is 4.79 Å². The second-order valence-corrected chi connectivity index (χ2v) is 6.50. The zero-order valence-electron chi connectivity index (χ0n) is 14.3. The Bertz CT molecular complexity index is 662. The van der Waals surface area contributed by atoms with Gasteiger partial charge in [-0.3, -0.25) is 9.89 Å². The number of rotatable bonds is 5. The van der Waals surface area contributed by atoms with Crippen molar-refractivity contribution in [3.8, 4) is 11.4 Å². The number of nitrogens with one attached hydrogen (secondary N) is 2. The van der Waals surface area contributed by atoms with Gasteiger partial charge in [-0.15, -0.1) is 12.4 Å². The summed E-state index contributed by atoms with van der Waals surface area (Å²) in [6.07, 6.45) is 8.13. The molecule has 136 valence electrons. The average molecular weight is 364 g/mol. The van der Waals surface area contributed by atoms with E-state index in [1.165, 1.54) is 38.5 Å². The Morgan fingerprint density at radius 2 is 1.84 bits per heavy atom. The van der Waals surface area contributed by atoms with Gasteiger partial charge in [0.2, 0.25) is 5.91 Å². The van der Waals surface area contributed by atoms with Crippen molar-refractivity contribution in [3.63, 3.8) is 0 Å². The van der Waals surface area contributed by atoms with Crippen LogP contribution in [0.5, 0.6) is 0 Å². The number of benzene rings is 1. The molecular formula is C18H26ClN5O. The molecule has 1 aromatic carbocycles. The second kappa shape index (κ2) is 9.53. The molecule has 1 saturated carbocycles. The lowest BCUT2D eigenvalue weighted by atomic mass is 9.96. The number of hydrogen-bond donors (Lipinski definition) is 3. The Morgan fingerprint density at radius 3 is 2.44 bits per heavy atom. The van der Waals surface area contributed by atoms with Gasteiger partial charge in [-0.25, -0.2) is 4.98 Å². The van der Waals surface area contributed by atoms with Crippen molar-refractivity contribution in [2.45, 2.75) is 51.5 Å². The van der Waals surface area contributed by atoms with Crippen LogP contribution in [0.4, 0.5) is 5.69 Å². The first kappa shape index (κ1) is 19.4. The van der Waals surface area contributed by atoms with Crippen LogP contribution in [0.1, 0.15) is 50.8 Å². The van der Waals surface area contributed by atoms with Gasteiger partial charge in [0.25, 0.3) is 0 Å². The molecule has 1 aromatic heterocycles. The van der Waals surface area contributed by atoms with E-state index in [0.717, 1.165) is 11.3 Å². The summed E-state index contributed by atoms with van der Waals surface area (Å²) in [5.74, 6) is 1.92. The third-order valence-electron chi connectivity index (χ3n) is 4.60. The van der Waals surface area contributed by atoms with Crippen LogP contribution in [0.3, 0.4) is 0 Å². The van der Waals surface area contributed by atoms with Gasteiger partial charge in [0.15, 0.2) is 5.82 Å². The third kappa shape index (κ3) is 5.54. The normalized spacial score (nSPS) is 15.2. The summed E-state index contributed by atoms with van der Waals surface area (Å²) in [7, 11) is 0. The van der Waals surface area contributed by atoms with E-state index >= 15 is 0 Å². The molecule has 0 atom stereocenters. The van der Waals surface area contributed by atoms with Crippen LogP contribution in [-0.4, -0.2) is 21.1 Å². The van der Waals surface area contributed by atoms with Crippen LogP contribution < -0.4 is 11.1 Å². The van der Waals surface area contributed by atoms with Crippen molar-refractivity contribution in [3.05, 3.63) is 30.1 Å². The Balaban J connectivity index is 0.00000225. The molecule has 0 spiro atoms. The Labute approximate surface area is 154 Å². The third-order valence-corrected chi connectivity index (χ3v) is 4.60. The summed E-state index contributed by atoms with van der Waals surface area (Å²) >= 11 is 0. The lowest BCUT2D eigenvalue weighted by molar-refractivity contribution is -0.117. The number of nitrogens with zero attached hydrogens (tertiary/aromatic N) is 2. The van der Waals surface area contributed by atoms with Crippen LogP contribution in [0.15, 0.2) is 24.3 Å². The van der Waals surface area contributed by atoms with Gasteiger partial charge in [-0.05, 0) is 43.0 Å². The van der Waals surface area contributed by atoms with Crippen molar-refractivity contribution in [1.82, 2.24) is 15.2 Å². The molecule has 1 fully saturated rings. The standard InChI is InChI=1S/C18H25N5O.ClH/c19-12-16-21-18(23-22-16)14-7-9-15(10-8-14)20-17(24)11-13-5-3-1-2-4-6-13;/h7-10,13H,1-6,11-12,19H2,(H,20,24)(H,21,22,23);1H. The topological polar surface area (TPSA) is 96.7 Å². The number of hydrogen-bond acceptors (Lipinski definition) is 4. The maximum absolute atomic E-state index is 12.2. The predicted octanol–water partition coefficient (Wildman–Crippen LogP) is 3.65. The van der Waals surface area contributed by atoms with Gasteiger partial charge in [-0.2, -0.15) is 5.10 Å². The van der Waals surface area contributed by atoms with E-state index in [-0.39, 0.29) is 18.3 Å². The van der Waals surface area contributed by atoms with Crippen LogP contribution in [-0.2, 0) is 11.3 Å². The van der Waals surface area contributed by atoms with Crippen LogP contribution in [0.25, 0.3) is 11.4 Å². The smallest absolute Gasteiger partial charge is 0.224 e. The second-order valence-electron chi connectivity index (χ2n) is 6.50. The maximum atomic E-state index is 12.2. The summed E-state index contributed by atoms with van der Waals surface area (Å²) in [4.78, 5) is 16.5. The number of amides is 1. The molecule has 0 bridgehead atoms. The molecule has 1 amide bonds. The number of carbonyl (C=O) groups is 1. The summed E-state index contributed by atoms with van der Waals surface area (Å²) in [6.45, 7) is 0.336. The first-order chi connectivity index (χ1) is 11.7. The zero-order valence-corrected chi connectivity index (χ0v) is 15.1. The van der Waals surface area contributed by atoms with E-state index in [0.29, 0.717) is 30.5 Å². The highest BCUT2D eigenvalue weighted by Crippen LogP contribution is 2.26. The minimum Gasteiger partial charge on any atom is -0.326 e. The summed E-state index contributed by atoms with van der Waals surface area (Å²) in [6, 6.07) is 7.59. The van der Waals surface area contributed by atoms with Crippen LogP contribution >= 0.6 is 12.4 Å². The molecule has 1 heterocycles. The molecule has 0 saturated heterocycles. The molecule has 0 unspecified atom stereocenters. The van der Waals surface area contributed by atoms with E-state index in [9.17, 15) is 4.79 Å². The van der Waals surface area contributed by atoms with Crippen molar-refractivity contribution in [2.75, 3.05) is 5.32 Å². The molecule has 3 rings (SSSR count). The average Bonchev–Trinajstić information content (AvgIpc) is 2.93. The zero-order chi connectivity index (χ0) is 16.8. The molecule has 0 radical (unpaired) electrons. The number of nitrogens with two attached hydrogens (primary N) is 1. The highest BCUT2D eigenvalue weighted by atomic mass is 35.5. The van der Waals surface area contributed by atoms with Crippen molar-refractivity contribution in [2.24, 2.45) is 11.7 Å². The van der Waals surface area contributed by atoms with Crippen LogP contribution in [0.2, 0.25) is 0 Å². The van der Waals surface area contributed by atoms with Gasteiger partial charge in [0.05, 0.1) is 6.54 Å². The van der Waals surface area contributed by atoms with E-state index in [1.807, 2.05) is 24.3 Å². The van der Waals surface area contributed by atoms with Crippen molar-refractivity contribution in [1.29, 1.82) is 0 Å². The first-order valence-corrected chi connectivity index (χ1v) is 8.76. The molecule has 1 aliphatic carbocycles. The minimum absolute atomic E-state index is 0. The van der Waals surface area contributed by atoms with Gasteiger partial charge in [0, 0.05) is 17.7 Å². The monoisotopic (exact) mass is 363 g/mol. The molecule has 2 aromatic rings. The Hall–Kier alpha value is -1.92. The Kier molecular flexibility index (Phi) is 7.40. The molecule has 1 aliphatic rings. The largest absolute Gasteiger partial charge is 0.326 e. The SMILES string of the molecule is Cl.NCc1nc(-c2ccc(NC(=O)CC3CCCCCC3)cc2)n[nH]1. The minimum atomic E-state index is 0.